The third-order valence-corrected chi connectivity index (χ3v) is 11.7. The molecule has 272 valence electrons. The Hall–Kier alpha value is -3.51. The van der Waals surface area contributed by atoms with E-state index in [2.05, 4.69) is 15.9 Å². The highest BCUT2D eigenvalue weighted by Crippen LogP contribution is 2.59. The van der Waals surface area contributed by atoms with Crippen LogP contribution >= 0.6 is 27.5 Å². The average Bonchev–Trinajstić information content (AvgIpc) is 3.71. The predicted molar refractivity (Wildman–Crippen MR) is 197 cm³/mol. The maximum atomic E-state index is 15.2. The molecule has 2 aromatic carbocycles. The minimum absolute atomic E-state index is 0.0823. The summed E-state index contributed by atoms with van der Waals surface area (Å²) >= 11 is 10.4. The van der Waals surface area contributed by atoms with Crippen molar-refractivity contribution in [3.63, 3.8) is 0 Å². The summed E-state index contributed by atoms with van der Waals surface area (Å²) in [5.41, 5.74) is 0.559. The van der Waals surface area contributed by atoms with Gasteiger partial charge in [0.1, 0.15) is 29.8 Å². The first-order chi connectivity index (χ1) is 24.5. The molecule has 1 N–H and O–H groups in total. The minimum atomic E-state index is -1.45. The molecule has 12 heteroatoms. The molecule has 10 nitrogen and oxygen atoms in total. The van der Waals surface area contributed by atoms with Crippen LogP contribution in [0.25, 0.3) is 0 Å². The van der Waals surface area contributed by atoms with Gasteiger partial charge in [0.05, 0.1) is 22.7 Å². The van der Waals surface area contributed by atoms with Crippen LogP contribution < -0.4 is 4.90 Å². The number of unbranched alkanes of at least 4 members (excludes halogenated alkanes) is 3. The number of fused-ring (bicyclic) bond motifs is 2. The number of aliphatic hydroxyl groups excluding tert-OH is 1. The van der Waals surface area contributed by atoms with Gasteiger partial charge in [-0.1, -0.05) is 95.0 Å². The molecular formula is C39H45BrClN3O7. The number of halogens is 2. The van der Waals surface area contributed by atoms with E-state index in [1.165, 1.54) is 0 Å². The fourth-order valence-corrected chi connectivity index (χ4v) is 9.12. The fourth-order valence-electron chi connectivity index (χ4n) is 8.06. The van der Waals surface area contributed by atoms with Gasteiger partial charge < -0.3 is 29.3 Å². The summed E-state index contributed by atoms with van der Waals surface area (Å²) in [6.07, 6.45) is 7.25. The highest BCUT2D eigenvalue weighted by atomic mass is 79.9. The lowest BCUT2D eigenvalue weighted by Crippen LogP contribution is -2.56. The minimum Gasteiger partial charge on any atom is -0.455 e. The number of hydrogen-bond donors (Lipinski definition) is 1. The lowest BCUT2D eigenvalue weighted by Gasteiger charge is -2.36. The first-order valence-corrected chi connectivity index (χ1v) is 18.9. The smallest absolute Gasteiger partial charge is 0.313 e. The van der Waals surface area contributed by atoms with Crippen molar-refractivity contribution in [2.75, 3.05) is 31.6 Å². The molecule has 51 heavy (non-hydrogen) atoms. The van der Waals surface area contributed by atoms with E-state index < -0.39 is 47.7 Å². The third kappa shape index (κ3) is 6.90. The number of hydrogen-bond acceptors (Lipinski definition) is 7. The van der Waals surface area contributed by atoms with Crippen molar-refractivity contribution in [1.29, 1.82) is 0 Å². The van der Waals surface area contributed by atoms with E-state index in [4.69, 9.17) is 21.1 Å². The lowest BCUT2D eigenvalue weighted by atomic mass is 9.74. The molecule has 4 aliphatic heterocycles. The third-order valence-electron chi connectivity index (χ3n) is 10.8. The van der Waals surface area contributed by atoms with Gasteiger partial charge in [0.25, 0.3) is 5.91 Å². The average molecular weight is 783 g/mol. The molecule has 5 bridgehead atoms. The van der Waals surface area contributed by atoms with Crippen LogP contribution in [0.1, 0.15) is 62.7 Å². The molecule has 4 heterocycles. The monoisotopic (exact) mass is 781 g/mol. The molecule has 1 spiro atoms. The molecule has 2 saturated heterocycles. The van der Waals surface area contributed by atoms with Crippen LogP contribution in [0.4, 0.5) is 5.69 Å². The van der Waals surface area contributed by atoms with Crippen LogP contribution in [0.5, 0.6) is 0 Å². The highest BCUT2D eigenvalue weighted by molar-refractivity contribution is 9.11. The Bertz CT molecular complexity index is 1700. The van der Waals surface area contributed by atoms with E-state index in [1.807, 2.05) is 68.5 Å². The number of benzene rings is 2. The van der Waals surface area contributed by atoms with Crippen molar-refractivity contribution >= 4 is 56.9 Å². The summed E-state index contributed by atoms with van der Waals surface area (Å²) in [6.45, 7) is 4.20. The van der Waals surface area contributed by atoms with Crippen LogP contribution in [-0.4, -0.2) is 89.1 Å². The molecule has 0 radical (unpaired) electrons. The number of ether oxygens (including phenoxy) is 2. The van der Waals surface area contributed by atoms with E-state index in [9.17, 15) is 19.5 Å². The van der Waals surface area contributed by atoms with Crippen molar-refractivity contribution in [3.8, 4) is 0 Å². The van der Waals surface area contributed by atoms with Crippen molar-refractivity contribution in [1.82, 2.24) is 9.80 Å². The fraction of sp³-hybridized carbons (Fsp3) is 0.487. The molecule has 2 aromatic rings. The zero-order valence-corrected chi connectivity index (χ0v) is 31.5. The van der Waals surface area contributed by atoms with Crippen LogP contribution in [0, 0.1) is 18.8 Å². The summed E-state index contributed by atoms with van der Waals surface area (Å²) < 4.78 is 13.6. The number of allylic oxidation sites excluding steroid dienone is 1. The molecule has 3 amide bonds. The van der Waals surface area contributed by atoms with Crippen LogP contribution in [-0.2, 0) is 28.7 Å². The number of aliphatic hydroxyl groups is 1. The Kier molecular flexibility index (Phi) is 11.4. The summed E-state index contributed by atoms with van der Waals surface area (Å²) in [5, 5.41) is 9.70. The Morgan fingerprint density at radius 3 is 2.43 bits per heavy atom. The second-order valence-electron chi connectivity index (χ2n) is 13.9. The van der Waals surface area contributed by atoms with Gasteiger partial charge in [0.15, 0.2) is 0 Å². The molecule has 2 fully saturated rings. The van der Waals surface area contributed by atoms with E-state index >= 15 is 4.79 Å². The molecule has 6 rings (SSSR count). The summed E-state index contributed by atoms with van der Waals surface area (Å²) in [7, 11) is 1.70. The number of esters is 1. The Morgan fingerprint density at radius 1 is 0.961 bits per heavy atom. The zero-order valence-electron chi connectivity index (χ0n) is 29.2. The number of carbonyl (C=O) groups is 4. The van der Waals surface area contributed by atoms with E-state index in [-0.39, 0.29) is 43.8 Å². The van der Waals surface area contributed by atoms with Gasteiger partial charge in [-0.2, -0.15) is 0 Å². The van der Waals surface area contributed by atoms with E-state index in [0.717, 1.165) is 18.4 Å². The number of amides is 3. The van der Waals surface area contributed by atoms with Crippen molar-refractivity contribution in [3.05, 3.63) is 87.4 Å². The van der Waals surface area contributed by atoms with Gasteiger partial charge in [-0.15, -0.1) is 0 Å². The molecule has 7 atom stereocenters. The Morgan fingerprint density at radius 2 is 1.71 bits per heavy atom. The first kappa shape index (κ1) is 37.3. The molecule has 0 saturated carbocycles. The zero-order chi connectivity index (χ0) is 36.4. The highest BCUT2D eigenvalue weighted by Gasteiger charge is 2.75. The normalized spacial score (nSPS) is 30.5. The predicted octanol–water partition coefficient (Wildman–Crippen LogP) is 5.89. The first-order valence-electron chi connectivity index (χ1n) is 17.7. The Balaban J connectivity index is 1.47. The number of likely N-dealkylation sites (N-methyl/N-ethyl adjacent to an activating group) is 1. The number of cyclic esters (lactones) is 1. The van der Waals surface area contributed by atoms with Crippen LogP contribution in [0.2, 0.25) is 5.02 Å². The molecular weight excluding hydrogens is 738 g/mol. The molecule has 0 aliphatic carbocycles. The number of para-hydroxylation sites is 1. The maximum absolute atomic E-state index is 15.2. The van der Waals surface area contributed by atoms with Gasteiger partial charge >= 0.3 is 5.97 Å². The lowest BCUT2D eigenvalue weighted by molar-refractivity contribution is -0.164. The largest absolute Gasteiger partial charge is 0.455 e. The second-order valence-corrected chi connectivity index (χ2v) is 15.2. The van der Waals surface area contributed by atoms with Gasteiger partial charge in [0, 0.05) is 37.6 Å². The number of aryl methyl sites for hydroxylation is 1. The van der Waals surface area contributed by atoms with Gasteiger partial charge in [-0.3, -0.25) is 19.2 Å². The number of nitrogens with zero attached hydrogens (tertiary/aromatic N) is 3. The molecule has 4 aliphatic rings. The van der Waals surface area contributed by atoms with Crippen LogP contribution in [0.3, 0.4) is 0 Å². The summed E-state index contributed by atoms with van der Waals surface area (Å²) in [6, 6.07) is 13.1. The van der Waals surface area contributed by atoms with Gasteiger partial charge in [-0.05, 0) is 56.4 Å². The summed E-state index contributed by atoms with van der Waals surface area (Å²) in [5.74, 6) is -3.55. The summed E-state index contributed by atoms with van der Waals surface area (Å²) in [4.78, 5) is 62.6. The standard InChI is InChI=1S/C39H45BrClN3O7/c1-24-15-14-18-28(41)32(24)43-20-12-7-10-19-29(46)42(3)25(2)33(26-16-8-6-9-17-26)50-38(49)30-31-36(47)44(21-11-4-5-13-22-45)35(37(43)48)39(31)23-27(40)34(30)51-39/h6-9,12,14-18,23,25,30-31,33-35,45H,4-5,10-11,13,19-22H2,1-3H3/b12-7-/t25-,30+,31-,33+,34+,35+,39-/m1/s1. The SMILES string of the molecule is Cc1cccc(Cl)c1N1C/C=C\CCC(=O)N(C)[C@H](C)[C@@H](c2ccccc2)OC(=O)[C@@H]2[C@H]3O[C@@]4(C=C3Br)[C@H](C1=O)N(CCCCCCO)C(=O)[C@@H]24. The van der Waals surface area contributed by atoms with E-state index in [1.54, 1.807) is 33.9 Å². The number of likely N-dealkylation sites (tertiary alicyclic amines) is 1. The number of carbonyl (C=O) groups excluding carboxylic acids is 4. The van der Waals surface area contributed by atoms with Crippen molar-refractivity contribution < 1.29 is 33.8 Å². The van der Waals surface area contributed by atoms with Gasteiger partial charge in [-0.25, -0.2) is 0 Å². The van der Waals surface area contributed by atoms with Crippen molar-refractivity contribution in [2.45, 2.75) is 82.3 Å². The Labute approximate surface area is 312 Å². The quantitative estimate of drug-likeness (QED) is 0.202. The van der Waals surface area contributed by atoms with Crippen molar-refractivity contribution in [2.24, 2.45) is 11.8 Å². The molecule has 0 unspecified atom stereocenters. The number of anilines is 1. The topological polar surface area (TPSA) is 117 Å². The maximum Gasteiger partial charge on any atom is 0.313 e. The van der Waals surface area contributed by atoms with Gasteiger partial charge in [0.2, 0.25) is 11.8 Å². The van der Waals surface area contributed by atoms with E-state index in [0.29, 0.717) is 40.0 Å². The number of rotatable bonds is 8. The van der Waals surface area contributed by atoms with Crippen LogP contribution in [0.15, 0.2) is 71.2 Å². The molecule has 0 aromatic heterocycles. The second kappa shape index (κ2) is 15.6.